The normalized spacial score (nSPS) is 19.8. The molecule has 3 aromatic carbocycles. The van der Waals surface area contributed by atoms with Gasteiger partial charge in [0.1, 0.15) is 6.10 Å². The molecule has 0 amide bonds. The van der Waals surface area contributed by atoms with Crippen LogP contribution in [0.1, 0.15) is 39.0 Å². The second-order valence-corrected chi connectivity index (χ2v) is 13.8. The molecule has 1 saturated heterocycles. The molecule has 1 heterocycles. The molecule has 0 radical (unpaired) electrons. The Balaban J connectivity index is 1.73. The highest BCUT2D eigenvalue weighted by molar-refractivity contribution is 6.99. The van der Waals surface area contributed by atoms with Crippen LogP contribution in [-0.2, 0) is 13.9 Å². The monoisotopic (exact) mass is 458 g/mol. The largest absolute Gasteiger partial charge is 0.401 e. The van der Waals surface area contributed by atoms with Gasteiger partial charge in [-0.2, -0.15) is 0 Å². The summed E-state index contributed by atoms with van der Waals surface area (Å²) in [6, 6.07) is 31.5. The van der Waals surface area contributed by atoms with Crippen LogP contribution < -0.4 is 10.4 Å². The van der Waals surface area contributed by atoms with E-state index in [2.05, 4.69) is 88.0 Å². The summed E-state index contributed by atoms with van der Waals surface area (Å²) >= 11 is 0. The van der Waals surface area contributed by atoms with E-state index < -0.39 is 8.32 Å². The molecule has 4 heteroatoms. The number of benzene rings is 3. The molecule has 0 bridgehead atoms. The highest BCUT2D eigenvalue weighted by Crippen LogP contribution is 2.39. The number of hydrogen-bond acceptors (Lipinski definition) is 3. The molecule has 0 spiro atoms. The Hall–Kier alpha value is -2.50. The summed E-state index contributed by atoms with van der Waals surface area (Å²) < 4.78 is 19.8. The summed E-state index contributed by atoms with van der Waals surface area (Å²) in [5.74, 6) is 0. The first-order chi connectivity index (χ1) is 16.0. The van der Waals surface area contributed by atoms with Gasteiger partial charge >= 0.3 is 0 Å². The average Bonchev–Trinajstić information content (AvgIpc) is 3.33. The topological polar surface area (TPSA) is 27.7 Å². The minimum Gasteiger partial charge on any atom is -0.401 e. The molecule has 4 rings (SSSR count). The van der Waals surface area contributed by atoms with Crippen LogP contribution >= 0.6 is 0 Å². The van der Waals surface area contributed by atoms with Gasteiger partial charge in [0.05, 0.1) is 12.7 Å². The first-order valence-corrected chi connectivity index (χ1v) is 13.6. The highest BCUT2D eigenvalue weighted by Gasteiger charge is 2.52. The molecule has 33 heavy (non-hydrogen) atoms. The zero-order valence-electron chi connectivity index (χ0n) is 19.8. The van der Waals surface area contributed by atoms with E-state index in [1.54, 1.807) is 0 Å². The third kappa shape index (κ3) is 4.90. The molecule has 0 N–H and O–H groups in total. The smallest absolute Gasteiger partial charge is 0.261 e. The Morgan fingerprint density at radius 2 is 1.42 bits per heavy atom. The lowest BCUT2D eigenvalue weighted by Crippen LogP contribution is -2.68. The fourth-order valence-corrected chi connectivity index (χ4v) is 9.47. The maximum atomic E-state index is 7.35. The molecule has 3 atom stereocenters. The number of ether oxygens (including phenoxy) is 2. The summed E-state index contributed by atoms with van der Waals surface area (Å²) in [5, 5.41) is 2.42. The zero-order chi connectivity index (χ0) is 23.3. The van der Waals surface area contributed by atoms with Crippen molar-refractivity contribution in [1.82, 2.24) is 0 Å². The Morgan fingerprint density at radius 1 is 0.909 bits per heavy atom. The van der Waals surface area contributed by atoms with Crippen LogP contribution in [0.15, 0.2) is 104 Å². The molecular weight excluding hydrogens is 424 g/mol. The third-order valence-corrected chi connectivity index (χ3v) is 11.4. The summed E-state index contributed by atoms with van der Waals surface area (Å²) in [7, 11) is -2.70. The van der Waals surface area contributed by atoms with Gasteiger partial charge in [0.25, 0.3) is 8.32 Å². The molecule has 0 saturated carbocycles. The summed E-state index contributed by atoms with van der Waals surface area (Å²) in [4.78, 5) is 0. The van der Waals surface area contributed by atoms with Crippen LogP contribution in [-0.4, -0.2) is 27.1 Å². The van der Waals surface area contributed by atoms with Crippen molar-refractivity contribution in [2.24, 2.45) is 0 Å². The SMILES string of the molecule is C=CC[C@@H](O[Si](c1ccccc1)(c1ccccc1)C(C)(C)C)[C@@H]1COC(c2ccccc2)O1. The van der Waals surface area contributed by atoms with E-state index in [-0.39, 0.29) is 23.5 Å². The molecule has 0 aromatic heterocycles. The van der Waals surface area contributed by atoms with Crippen molar-refractivity contribution in [3.63, 3.8) is 0 Å². The van der Waals surface area contributed by atoms with E-state index >= 15 is 0 Å². The highest BCUT2D eigenvalue weighted by atomic mass is 28.4. The first-order valence-electron chi connectivity index (χ1n) is 11.7. The van der Waals surface area contributed by atoms with Gasteiger partial charge in [0.15, 0.2) is 6.29 Å². The lowest BCUT2D eigenvalue weighted by Gasteiger charge is -2.45. The van der Waals surface area contributed by atoms with Gasteiger partial charge in [-0.25, -0.2) is 0 Å². The standard InChI is InChI=1S/C29H34O3Si/c1-5-15-26(27-22-30-28(31-27)23-16-9-6-10-17-23)32-33(29(2,3)4,24-18-11-7-12-19-24)25-20-13-8-14-21-25/h5-14,16-21,26-28H,1,15,22H2,2-4H3/t26-,27+,28?/m1/s1. The van der Waals surface area contributed by atoms with E-state index in [0.717, 1.165) is 5.56 Å². The predicted octanol–water partition coefficient (Wildman–Crippen LogP) is 5.62. The van der Waals surface area contributed by atoms with Crippen molar-refractivity contribution in [2.75, 3.05) is 6.61 Å². The Kier molecular flexibility index (Phi) is 7.30. The van der Waals surface area contributed by atoms with Crippen molar-refractivity contribution >= 4 is 18.7 Å². The van der Waals surface area contributed by atoms with Gasteiger partial charge in [-0.3, -0.25) is 0 Å². The zero-order valence-corrected chi connectivity index (χ0v) is 20.8. The molecule has 1 aliphatic heterocycles. The van der Waals surface area contributed by atoms with Crippen molar-refractivity contribution in [3.8, 4) is 0 Å². The van der Waals surface area contributed by atoms with Crippen molar-refractivity contribution in [1.29, 1.82) is 0 Å². The van der Waals surface area contributed by atoms with Gasteiger partial charge < -0.3 is 13.9 Å². The second-order valence-electron chi connectivity index (χ2n) is 9.59. The Morgan fingerprint density at radius 3 is 1.91 bits per heavy atom. The predicted molar refractivity (Wildman–Crippen MR) is 137 cm³/mol. The van der Waals surface area contributed by atoms with E-state index in [0.29, 0.717) is 13.0 Å². The molecule has 0 aliphatic carbocycles. The van der Waals surface area contributed by atoms with E-state index in [1.807, 2.05) is 36.4 Å². The van der Waals surface area contributed by atoms with Crippen LogP contribution in [0.4, 0.5) is 0 Å². The van der Waals surface area contributed by atoms with Gasteiger partial charge in [-0.15, -0.1) is 6.58 Å². The quantitative estimate of drug-likeness (QED) is 0.324. The second kappa shape index (κ2) is 10.2. The fraction of sp³-hybridized carbons (Fsp3) is 0.310. The third-order valence-electron chi connectivity index (χ3n) is 6.34. The molecule has 3 nitrogen and oxygen atoms in total. The summed E-state index contributed by atoms with van der Waals surface area (Å²) in [6.07, 6.45) is 1.92. The maximum absolute atomic E-state index is 7.35. The Labute approximate surface area is 199 Å². The molecular formula is C29H34O3Si. The summed E-state index contributed by atoms with van der Waals surface area (Å²) in [5.41, 5.74) is 1.03. The molecule has 1 fully saturated rings. The molecule has 1 aliphatic rings. The van der Waals surface area contributed by atoms with Crippen LogP contribution in [0.5, 0.6) is 0 Å². The Bertz CT molecular complexity index is 975. The minimum atomic E-state index is -2.70. The van der Waals surface area contributed by atoms with Crippen LogP contribution in [0.3, 0.4) is 0 Å². The van der Waals surface area contributed by atoms with E-state index in [9.17, 15) is 0 Å². The van der Waals surface area contributed by atoms with E-state index in [1.165, 1.54) is 10.4 Å². The molecule has 1 unspecified atom stereocenters. The van der Waals surface area contributed by atoms with Crippen LogP contribution in [0.2, 0.25) is 5.04 Å². The molecule has 3 aromatic rings. The van der Waals surface area contributed by atoms with Gasteiger partial charge in [0.2, 0.25) is 0 Å². The lowest BCUT2D eigenvalue weighted by molar-refractivity contribution is -0.0797. The van der Waals surface area contributed by atoms with Crippen molar-refractivity contribution in [3.05, 3.63) is 109 Å². The minimum absolute atomic E-state index is 0.104. The van der Waals surface area contributed by atoms with Gasteiger partial charge in [0, 0.05) is 5.56 Å². The van der Waals surface area contributed by atoms with Gasteiger partial charge in [-0.1, -0.05) is 118 Å². The first kappa shape index (κ1) is 23.6. The van der Waals surface area contributed by atoms with Crippen LogP contribution in [0.25, 0.3) is 0 Å². The fourth-order valence-electron chi connectivity index (χ4n) is 4.76. The number of rotatable bonds is 8. The number of hydrogen-bond donors (Lipinski definition) is 0. The van der Waals surface area contributed by atoms with Crippen molar-refractivity contribution < 1.29 is 13.9 Å². The van der Waals surface area contributed by atoms with Crippen molar-refractivity contribution in [2.45, 2.75) is 50.7 Å². The molecule has 172 valence electrons. The summed E-state index contributed by atoms with van der Waals surface area (Å²) in [6.45, 7) is 11.4. The van der Waals surface area contributed by atoms with Gasteiger partial charge in [-0.05, 0) is 21.8 Å². The van der Waals surface area contributed by atoms with E-state index in [4.69, 9.17) is 13.9 Å². The maximum Gasteiger partial charge on any atom is 0.261 e. The van der Waals surface area contributed by atoms with Crippen LogP contribution in [0, 0.1) is 0 Å². The average molecular weight is 459 g/mol. The lowest BCUT2D eigenvalue weighted by atomic mass is 10.1.